The zero-order chi connectivity index (χ0) is 22.2. The quantitative estimate of drug-likeness (QED) is 0.449. The summed E-state index contributed by atoms with van der Waals surface area (Å²) in [6.45, 7) is 6.97. The fraction of sp³-hybridized carbons (Fsp3) is 0.417. The highest BCUT2D eigenvalue weighted by Crippen LogP contribution is 2.20. The van der Waals surface area contributed by atoms with Crippen molar-refractivity contribution in [2.24, 2.45) is 16.6 Å². The number of primary amides is 1. The van der Waals surface area contributed by atoms with Crippen molar-refractivity contribution in [3.8, 4) is 0 Å². The molecule has 0 bridgehead atoms. The molecule has 0 aromatic heterocycles. The number of carbonyl (C=O) groups excluding carboxylic acids is 1. The first kappa shape index (κ1) is 22.6. The topological polar surface area (TPSA) is 82.7 Å². The number of hydrogen-bond donors (Lipinski definition) is 3. The Morgan fingerprint density at radius 1 is 1.23 bits per heavy atom. The second kappa shape index (κ2) is 10.8. The molecule has 7 heteroatoms. The number of benzene rings is 2. The average Bonchev–Trinajstić information content (AvgIpc) is 3.21. The first-order valence-electron chi connectivity index (χ1n) is 10.8. The van der Waals surface area contributed by atoms with Gasteiger partial charge in [-0.25, -0.2) is 4.39 Å². The number of guanidine groups is 1. The fourth-order valence-corrected chi connectivity index (χ4v) is 3.74. The second-order valence-electron chi connectivity index (χ2n) is 8.06. The minimum atomic E-state index is -0.450. The zero-order valence-corrected chi connectivity index (χ0v) is 18.3. The molecule has 6 nitrogen and oxygen atoms in total. The summed E-state index contributed by atoms with van der Waals surface area (Å²) in [7, 11) is 0. The maximum atomic E-state index is 13.1. The Morgan fingerprint density at radius 2 is 1.94 bits per heavy atom. The molecule has 166 valence electrons. The average molecular weight is 426 g/mol. The van der Waals surface area contributed by atoms with E-state index in [-0.39, 0.29) is 18.4 Å². The van der Waals surface area contributed by atoms with Crippen LogP contribution >= 0.6 is 0 Å². The van der Waals surface area contributed by atoms with Gasteiger partial charge in [0.25, 0.3) is 0 Å². The van der Waals surface area contributed by atoms with Crippen molar-refractivity contribution in [1.82, 2.24) is 10.6 Å². The number of amides is 1. The summed E-state index contributed by atoms with van der Waals surface area (Å²) >= 11 is 0. The first-order chi connectivity index (χ1) is 14.9. The van der Waals surface area contributed by atoms with Crippen LogP contribution in [-0.4, -0.2) is 44.1 Å². The van der Waals surface area contributed by atoms with Gasteiger partial charge in [-0.1, -0.05) is 29.8 Å². The van der Waals surface area contributed by atoms with E-state index in [1.54, 1.807) is 12.1 Å². The number of halogens is 1. The largest absolute Gasteiger partial charge is 0.369 e. The number of nitrogens with two attached hydrogens (primary N) is 1. The van der Waals surface area contributed by atoms with Crippen molar-refractivity contribution >= 4 is 17.6 Å². The third-order valence-electron chi connectivity index (χ3n) is 5.54. The SMILES string of the molecule is CCNC(=NCC(Cc1ccc(F)cc1)C(N)=O)NC1CCN(c2ccc(C)cc2)C1. The van der Waals surface area contributed by atoms with Gasteiger partial charge in [-0.15, -0.1) is 0 Å². The summed E-state index contributed by atoms with van der Waals surface area (Å²) in [4.78, 5) is 18.9. The predicted octanol–water partition coefficient (Wildman–Crippen LogP) is 2.61. The maximum absolute atomic E-state index is 13.1. The van der Waals surface area contributed by atoms with Gasteiger partial charge in [0.1, 0.15) is 5.82 Å². The van der Waals surface area contributed by atoms with Crippen molar-refractivity contribution in [3.05, 3.63) is 65.5 Å². The van der Waals surface area contributed by atoms with E-state index in [1.165, 1.54) is 23.4 Å². The van der Waals surface area contributed by atoms with Gasteiger partial charge in [-0.2, -0.15) is 0 Å². The molecule has 0 spiro atoms. The van der Waals surface area contributed by atoms with Gasteiger partial charge < -0.3 is 21.3 Å². The summed E-state index contributed by atoms with van der Waals surface area (Å²) in [6.07, 6.45) is 1.44. The van der Waals surface area contributed by atoms with Crippen LogP contribution in [-0.2, 0) is 11.2 Å². The summed E-state index contributed by atoms with van der Waals surface area (Å²) in [5, 5.41) is 6.74. The lowest BCUT2D eigenvalue weighted by molar-refractivity contribution is -0.121. The molecule has 3 rings (SSSR count). The Kier molecular flexibility index (Phi) is 7.87. The number of hydrogen-bond acceptors (Lipinski definition) is 3. The molecular weight excluding hydrogens is 393 g/mol. The third kappa shape index (κ3) is 6.70. The molecule has 0 aliphatic carbocycles. The van der Waals surface area contributed by atoms with Gasteiger partial charge in [-0.05, 0) is 56.5 Å². The minimum Gasteiger partial charge on any atom is -0.369 e. The number of rotatable bonds is 8. The van der Waals surface area contributed by atoms with Crippen molar-refractivity contribution in [2.75, 3.05) is 31.1 Å². The van der Waals surface area contributed by atoms with E-state index < -0.39 is 11.8 Å². The van der Waals surface area contributed by atoms with E-state index in [4.69, 9.17) is 5.73 Å². The van der Waals surface area contributed by atoms with E-state index in [1.807, 2.05) is 6.92 Å². The van der Waals surface area contributed by atoms with Crippen LogP contribution in [0, 0.1) is 18.7 Å². The predicted molar refractivity (Wildman–Crippen MR) is 124 cm³/mol. The molecule has 4 N–H and O–H groups in total. The number of carbonyl (C=O) groups is 1. The van der Waals surface area contributed by atoms with Gasteiger partial charge in [0.05, 0.1) is 12.5 Å². The molecule has 1 fully saturated rings. The Hall–Kier alpha value is -3.09. The fourth-order valence-electron chi connectivity index (χ4n) is 3.74. The van der Waals surface area contributed by atoms with Gasteiger partial charge in [0, 0.05) is 31.4 Å². The van der Waals surface area contributed by atoms with E-state index >= 15 is 0 Å². The molecule has 0 radical (unpaired) electrons. The number of nitrogens with one attached hydrogen (secondary N) is 2. The summed E-state index contributed by atoms with van der Waals surface area (Å²) in [5.74, 6) is -0.472. The van der Waals surface area contributed by atoms with Crippen LogP contribution in [0.25, 0.3) is 0 Å². The molecule has 1 heterocycles. The van der Waals surface area contributed by atoms with Gasteiger partial charge in [0.15, 0.2) is 5.96 Å². The molecule has 1 aliphatic rings. The molecule has 0 saturated carbocycles. The van der Waals surface area contributed by atoms with Crippen LogP contribution < -0.4 is 21.3 Å². The van der Waals surface area contributed by atoms with E-state index in [9.17, 15) is 9.18 Å². The highest BCUT2D eigenvalue weighted by molar-refractivity contribution is 5.81. The van der Waals surface area contributed by atoms with E-state index in [2.05, 4.69) is 51.7 Å². The lowest BCUT2D eigenvalue weighted by Crippen LogP contribution is -2.45. The highest BCUT2D eigenvalue weighted by atomic mass is 19.1. The minimum absolute atomic E-state index is 0.267. The molecule has 2 aromatic carbocycles. The monoisotopic (exact) mass is 425 g/mol. The number of nitrogens with zero attached hydrogens (tertiary/aromatic N) is 2. The molecule has 1 amide bonds. The summed E-state index contributed by atoms with van der Waals surface area (Å²) in [5.41, 5.74) is 8.95. The van der Waals surface area contributed by atoms with Crippen molar-refractivity contribution in [1.29, 1.82) is 0 Å². The molecule has 2 atom stereocenters. The molecule has 1 saturated heterocycles. The van der Waals surface area contributed by atoms with Crippen LogP contribution in [0.15, 0.2) is 53.5 Å². The van der Waals surface area contributed by atoms with Crippen LogP contribution in [0.1, 0.15) is 24.5 Å². The van der Waals surface area contributed by atoms with Crippen LogP contribution in [0.2, 0.25) is 0 Å². The van der Waals surface area contributed by atoms with E-state index in [0.717, 1.165) is 31.6 Å². The Labute approximate surface area is 183 Å². The Bertz CT molecular complexity index is 882. The van der Waals surface area contributed by atoms with Crippen molar-refractivity contribution in [2.45, 2.75) is 32.7 Å². The van der Waals surface area contributed by atoms with Crippen molar-refractivity contribution in [3.63, 3.8) is 0 Å². The highest BCUT2D eigenvalue weighted by Gasteiger charge is 2.24. The Morgan fingerprint density at radius 3 is 2.58 bits per heavy atom. The normalized spacial score (nSPS) is 17.5. The Balaban J connectivity index is 1.60. The summed E-state index contributed by atoms with van der Waals surface area (Å²) in [6, 6.07) is 15.0. The van der Waals surface area contributed by atoms with Crippen LogP contribution in [0.3, 0.4) is 0 Å². The lowest BCUT2D eigenvalue weighted by atomic mass is 9.99. The second-order valence-corrected chi connectivity index (χ2v) is 8.06. The molecular formula is C24H32FN5O. The molecule has 1 aliphatic heterocycles. The third-order valence-corrected chi connectivity index (χ3v) is 5.54. The van der Waals surface area contributed by atoms with Crippen molar-refractivity contribution < 1.29 is 9.18 Å². The molecule has 2 unspecified atom stereocenters. The number of aryl methyl sites for hydroxylation is 1. The zero-order valence-electron chi connectivity index (χ0n) is 18.3. The van der Waals surface area contributed by atoms with Crippen LogP contribution in [0.5, 0.6) is 0 Å². The first-order valence-corrected chi connectivity index (χ1v) is 10.8. The smallest absolute Gasteiger partial charge is 0.222 e. The summed E-state index contributed by atoms with van der Waals surface area (Å²) < 4.78 is 13.1. The van der Waals surface area contributed by atoms with Crippen LogP contribution in [0.4, 0.5) is 10.1 Å². The maximum Gasteiger partial charge on any atom is 0.222 e. The van der Waals surface area contributed by atoms with Gasteiger partial charge in [-0.3, -0.25) is 9.79 Å². The van der Waals surface area contributed by atoms with Gasteiger partial charge in [0.2, 0.25) is 5.91 Å². The standard InChI is InChI=1S/C24H32FN5O/c1-3-27-24(28-15-19(23(26)31)14-18-6-8-20(25)9-7-18)29-21-12-13-30(16-21)22-10-4-17(2)5-11-22/h4-11,19,21H,3,12-16H2,1-2H3,(H2,26,31)(H2,27,28,29). The number of aliphatic imine (C=N–C) groups is 1. The van der Waals surface area contributed by atoms with E-state index in [0.29, 0.717) is 12.4 Å². The molecule has 31 heavy (non-hydrogen) atoms. The van der Waals surface area contributed by atoms with Gasteiger partial charge >= 0.3 is 0 Å². The molecule has 2 aromatic rings. The lowest BCUT2D eigenvalue weighted by Gasteiger charge is -2.21. The number of anilines is 1.